The van der Waals surface area contributed by atoms with E-state index in [4.69, 9.17) is 0 Å². The Bertz CT molecular complexity index is 877. The van der Waals surface area contributed by atoms with Crippen molar-refractivity contribution in [2.24, 2.45) is 0 Å². The summed E-state index contributed by atoms with van der Waals surface area (Å²) in [5, 5.41) is 6.81. The molecule has 2 aromatic heterocycles. The van der Waals surface area contributed by atoms with Gasteiger partial charge in [0, 0.05) is 35.8 Å². The molecule has 3 aromatic rings. The maximum absolute atomic E-state index is 4.67. The van der Waals surface area contributed by atoms with Gasteiger partial charge in [-0.15, -0.1) is 0 Å². The molecule has 0 saturated heterocycles. The maximum atomic E-state index is 4.67. The largest absolute Gasteiger partial charge is 0.352 e. The number of anilines is 3. The van der Waals surface area contributed by atoms with E-state index in [1.807, 2.05) is 30.5 Å². The third-order valence-corrected chi connectivity index (χ3v) is 4.54. The lowest BCUT2D eigenvalue weighted by atomic mass is 10.1. The van der Waals surface area contributed by atoms with Crippen LogP contribution in [0.25, 0.3) is 11.3 Å². The highest BCUT2D eigenvalue weighted by Gasteiger charge is 2.10. The molecule has 0 radical (unpaired) electrons. The first-order valence-electron chi connectivity index (χ1n) is 8.96. The summed E-state index contributed by atoms with van der Waals surface area (Å²) >= 11 is 0. The zero-order valence-electron chi connectivity index (χ0n) is 15.7. The number of nitrogens with one attached hydrogen (secondary N) is 2. The van der Waals surface area contributed by atoms with Gasteiger partial charge in [-0.1, -0.05) is 19.1 Å². The van der Waals surface area contributed by atoms with E-state index in [1.165, 1.54) is 11.1 Å². The number of aryl methyl sites for hydroxylation is 1. The van der Waals surface area contributed by atoms with Crippen molar-refractivity contribution < 1.29 is 0 Å². The van der Waals surface area contributed by atoms with Gasteiger partial charge in [0.25, 0.3) is 0 Å². The fraction of sp³-hybridized carbons (Fsp3) is 0.286. The van der Waals surface area contributed by atoms with Gasteiger partial charge in [-0.25, -0.2) is 4.98 Å². The van der Waals surface area contributed by atoms with E-state index in [0.29, 0.717) is 12.0 Å². The van der Waals surface area contributed by atoms with Crippen LogP contribution in [0.15, 0.2) is 48.8 Å². The molecule has 2 heterocycles. The third-order valence-electron chi connectivity index (χ3n) is 4.54. The average molecular weight is 347 g/mol. The zero-order valence-corrected chi connectivity index (χ0v) is 15.7. The number of hydrogen-bond acceptors (Lipinski definition) is 5. The van der Waals surface area contributed by atoms with Gasteiger partial charge < -0.3 is 10.6 Å². The lowest BCUT2D eigenvalue weighted by Gasteiger charge is -2.15. The van der Waals surface area contributed by atoms with Gasteiger partial charge in [0.05, 0.1) is 5.69 Å². The molecule has 0 aliphatic heterocycles. The number of benzene rings is 1. The van der Waals surface area contributed by atoms with Crippen molar-refractivity contribution in [2.45, 2.75) is 40.2 Å². The van der Waals surface area contributed by atoms with Crippen LogP contribution in [0.5, 0.6) is 0 Å². The molecule has 2 N–H and O–H groups in total. The molecule has 0 saturated carbocycles. The Morgan fingerprint density at radius 2 is 1.92 bits per heavy atom. The molecule has 26 heavy (non-hydrogen) atoms. The number of rotatable bonds is 6. The number of nitrogens with zero attached hydrogens (tertiary/aromatic N) is 3. The van der Waals surface area contributed by atoms with Crippen LogP contribution in [0, 0.1) is 13.8 Å². The molecule has 0 aliphatic rings. The van der Waals surface area contributed by atoms with E-state index in [1.54, 1.807) is 6.20 Å². The highest BCUT2D eigenvalue weighted by atomic mass is 15.2. The summed E-state index contributed by atoms with van der Waals surface area (Å²) in [5.41, 5.74) is 5.31. The molecule has 1 aromatic carbocycles. The first-order valence-corrected chi connectivity index (χ1v) is 8.96. The normalized spacial score (nSPS) is 11.8. The van der Waals surface area contributed by atoms with Crippen LogP contribution in [0.3, 0.4) is 0 Å². The van der Waals surface area contributed by atoms with Gasteiger partial charge in [-0.2, -0.15) is 4.98 Å². The summed E-state index contributed by atoms with van der Waals surface area (Å²) < 4.78 is 0. The fourth-order valence-electron chi connectivity index (χ4n) is 2.58. The van der Waals surface area contributed by atoms with E-state index in [-0.39, 0.29) is 0 Å². The summed E-state index contributed by atoms with van der Waals surface area (Å²) in [6.45, 7) is 8.48. The van der Waals surface area contributed by atoms with Gasteiger partial charge in [0.1, 0.15) is 5.82 Å². The molecule has 0 aliphatic carbocycles. The minimum atomic E-state index is 0.299. The van der Waals surface area contributed by atoms with Crippen LogP contribution in [0.2, 0.25) is 0 Å². The van der Waals surface area contributed by atoms with Crippen LogP contribution in [0.1, 0.15) is 31.4 Å². The first-order chi connectivity index (χ1) is 12.6. The molecule has 5 heteroatoms. The van der Waals surface area contributed by atoms with Crippen LogP contribution < -0.4 is 10.6 Å². The van der Waals surface area contributed by atoms with Crippen molar-refractivity contribution >= 4 is 17.5 Å². The highest BCUT2D eigenvalue weighted by molar-refractivity contribution is 5.68. The van der Waals surface area contributed by atoms with Gasteiger partial charge in [-0.05, 0) is 56.5 Å². The monoisotopic (exact) mass is 347 g/mol. The molecule has 0 bridgehead atoms. The Morgan fingerprint density at radius 3 is 2.65 bits per heavy atom. The second-order valence-corrected chi connectivity index (χ2v) is 6.53. The lowest BCUT2D eigenvalue weighted by molar-refractivity contribution is 0.753. The topological polar surface area (TPSA) is 62.7 Å². The lowest BCUT2D eigenvalue weighted by Crippen LogP contribution is -2.16. The second kappa shape index (κ2) is 7.95. The molecule has 0 unspecified atom stereocenters. The fourth-order valence-corrected chi connectivity index (χ4v) is 2.58. The molecule has 0 amide bonds. The van der Waals surface area contributed by atoms with Crippen molar-refractivity contribution in [1.29, 1.82) is 0 Å². The minimum absolute atomic E-state index is 0.299. The van der Waals surface area contributed by atoms with Crippen molar-refractivity contribution in [3.8, 4) is 11.3 Å². The van der Waals surface area contributed by atoms with Crippen molar-refractivity contribution in [2.75, 3.05) is 10.6 Å². The predicted octanol–water partition coefficient (Wildman–Crippen LogP) is 5.11. The Labute approximate surface area is 154 Å². The highest BCUT2D eigenvalue weighted by Crippen LogP contribution is 2.26. The SMILES string of the molecule is CC[C@H](C)Nc1nc(Nc2cccc(C)c2C)cc(-c2cccnc2)n1. The molecule has 134 valence electrons. The molecular weight excluding hydrogens is 322 g/mol. The number of pyridine rings is 1. The summed E-state index contributed by atoms with van der Waals surface area (Å²) in [7, 11) is 0. The summed E-state index contributed by atoms with van der Waals surface area (Å²) in [4.78, 5) is 13.5. The average Bonchev–Trinajstić information content (AvgIpc) is 2.66. The van der Waals surface area contributed by atoms with Crippen molar-refractivity contribution in [3.63, 3.8) is 0 Å². The Kier molecular flexibility index (Phi) is 5.46. The van der Waals surface area contributed by atoms with Gasteiger partial charge in [0.2, 0.25) is 5.95 Å². The third kappa shape index (κ3) is 4.17. The smallest absolute Gasteiger partial charge is 0.225 e. The predicted molar refractivity (Wildman–Crippen MR) is 108 cm³/mol. The zero-order chi connectivity index (χ0) is 18.5. The van der Waals surface area contributed by atoms with Gasteiger partial charge in [0.15, 0.2) is 0 Å². The quantitative estimate of drug-likeness (QED) is 0.649. The van der Waals surface area contributed by atoms with Crippen molar-refractivity contribution in [3.05, 3.63) is 59.9 Å². The number of aromatic nitrogens is 3. The molecule has 0 fully saturated rings. The molecule has 3 rings (SSSR count). The Morgan fingerprint density at radius 1 is 1.08 bits per heavy atom. The van der Waals surface area contributed by atoms with Gasteiger partial charge >= 0.3 is 0 Å². The van der Waals surface area contributed by atoms with Crippen LogP contribution in [-0.4, -0.2) is 21.0 Å². The maximum Gasteiger partial charge on any atom is 0.225 e. The second-order valence-electron chi connectivity index (χ2n) is 6.53. The van der Waals surface area contributed by atoms with E-state index >= 15 is 0 Å². The Hall–Kier alpha value is -2.95. The van der Waals surface area contributed by atoms with E-state index in [2.05, 4.69) is 65.4 Å². The first kappa shape index (κ1) is 17.9. The molecular formula is C21H25N5. The molecule has 0 spiro atoms. The number of hydrogen-bond donors (Lipinski definition) is 2. The standard InChI is InChI=1S/C21H25N5/c1-5-15(3)23-21-25-19(17-9-7-11-22-13-17)12-20(26-21)24-18-10-6-8-14(2)16(18)4/h6-13,15H,5H2,1-4H3,(H2,23,24,25,26)/t15-/m0/s1. The Balaban J connectivity index is 2.00. The summed E-state index contributed by atoms with van der Waals surface area (Å²) in [5.74, 6) is 1.38. The summed E-state index contributed by atoms with van der Waals surface area (Å²) in [6.07, 6.45) is 4.58. The van der Waals surface area contributed by atoms with Crippen LogP contribution in [0.4, 0.5) is 17.5 Å². The molecule has 5 nitrogen and oxygen atoms in total. The van der Waals surface area contributed by atoms with E-state index in [0.717, 1.165) is 29.2 Å². The molecule has 1 atom stereocenters. The van der Waals surface area contributed by atoms with Gasteiger partial charge in [-0.3, -0.25) is 4.98 Å². The van der Waals surface area contributed by atoms with Crippen molar-refractivity contribution in [1.82, 2.24) is 15.0 Å². The van der Waals surface area contributed by atoms with Crippen LogP contribution in [-0.2, 0) is 0 Å². The van der Waals surface area contributed by atoms with E-state index < -0.39 is 0 Å². The minimum Gasteiger partial charge on any atom is -0.352 e. The van der Waals surface area contributed by atoms with E-state index in [9.17, 15) is 0 Å². The summed E-state index contributed by atoms with van der Waals surface area (Å²) in [6, 6.07) is 12.4. The van der Waals surface area contributed by atoms with Crippen LogP contribution >= 0.6 is 0 Å².